The smallest absolute Gasteiger partial charge is 0.303 e. The number of carbonyl (C=O) groups is 3. The fourth-order valence-electron chi connectivity index (χ4n) is 4.94. The van der Waals surface area contributed by atoms with Crippen molar-refractivity contribution in [1.82, 2.24) is 15.1 Å². The van der Waals surface area contributed by atoms with Crippen LogP contribution < -0.4 is 10.1 Å². The summed E-state index contributed by atoms with van der Waals surface area (Å²) in [5.74, 6) is -14.6. The Kier molecular flexibility index (Phi) is 6.88. The molecule has 3 amide bonds. The minimum Gasteiger partial charge on any atom is -0.488 e. The van der Waals surface area contributed by atoms with Crippen molar-refractivity contribution in [2.75, 3.05) is 26.3 Å². The van der Waals surface area contributed by atoms with Crippen molar-refractivity contribution < 1.29 is 58.9 Å². The third-order valence-electron chi connectivity index (χ3n) is 7.23. The summed E-state index contributed by atoms with van der Waals surface area (Å²) in [5.41, 5.74) is 0.0895. The number of amides is 3. The number of morpholine rings is 1. The van der Waals surface area contributed by atoms with Crippen molar-refractivity contribution in [3.05, 3.63) is 64.5 Å². The van der Waals surface area contributed by atoms with Crippen LogP contribution in [-0.4, -0.2) is 102 Å². The molecule has 2 aromatic rings. The Labute approximate surface area is 225 Å². The first-order chi connectivity index (χ1) is 18.8. The Balaban J connectivity index is 1.38. The summed E-state index contributed by atoms with van der Waals surface area (Å²) in [5, 5.41) is 63.6. The Morgan fingerprint density at radius 2 is 1.77 bits per heavy atom. The molecule has 3 heterocycles. The highest BCUT2D eigenvalue weighted by molar-refractivity contribution is 6.08. The molecule has 0 bridgehead atoms. The summed E-state index contributed by atoms with van der Waals surface area (Å²) >= 11 is 0. The molecule has 0 aliphatic carbocycles. The van der Waals surface area contributed by atoms with Crippen molar-refractivity contribution in [2.45, 2.75) is 36.7 Å². The van der Waals surface area contributed by atoms with Gasteiger partial charge in [-0.25, -0.2) is 9.29 Å². The molecular formula is C25H26FN3O11. The normalized spacial score (nSPS) is 22.7. The molecule has 1 atom stereocenters. The second-order valence-electron chi connectivity index (χ2n) is 9.66. The number of rotatable bonds is 6. The van der Waals surface area contributed by atoms with Crippen LogP contribution in [0.25, 0.3) is 0 Å². The summed E-state index contributed by atoms with van der Waals surface area (Å²) in [4.78, 5) is 39.3. The highest BCUT2D eigenvalue weighted by Gasteiger charge is 2.67. The van der Waals surface area contributed by atoms with E-state index in [1.54, 1.807) is 5.32 Å². The molecule has 0 saturated carbocycles. The minimum atomic E-state index is -3.81. The SMILES string of the molecule is O=C1NC(=O)C(O)(O)C(O)(O)C1N1Cc2c(OCc3cc(C(O)(O)N4CCOCC4)ccc3F)cccc2C1=O. The molecule has 15 heteroatoms. The second-order valence-corrected chi connectivity index (χ2v) is 9.66. The lowest BCUT2D eigenvalue weighted by Gasteiger charge is -2.44. The van der Waals surface area contributed by atoms with Crippen LogP contribution in [0, 0.1) is 5.82 Å². The first-order valence-electron chi connectivity index (χ1n) is 12.1. The lowest BCUT2D eigenvalue weighted by Crippen LogP contribution is -2.79. The zero-order valence-corrected chi connectivity index (χ0v) is 20.8. The number of nitrogens with one attached hydrogen (secondary N) is 1. The number of nitrogens with zero attached hydrogens (tertiary/aromatic N) is 2. The van der Waals surface area contributed by atoms with Crippen LogP contribution in [0.4, 0.5) is 4.39 Å². The molecule has 14 nitrogen and oxygen atoms in total. The number of halogens is 1. The van der Waals surface area contributed by atoms with E-state index in [1.165, 1.54) is 35.2 Å². The Morgan fingerprint density at radius 1 is 1.07 bits per heavy atom. The van der Waals surface area contributed by atoms with Gasteiger partial charge in [0, 0.05) is 35.3 Å². The fraction of sp³-hybridized carbons (Fsp3) is 0.400. The van der Waals surface area contributed by atoms with E-state index in [2.05, 4.69) is 0 Å². The molecular weight excluding hydrogens is 537 g/mol. The number of hydrogen-bond donors (Lipinski definition) is 7. The zero-order chi connectivity index (χ0) is 29.0. The van der Waals surface area contributed by atoms with E-state index in [0.717, 1.165) is 6.07 Å². The van der Waals surface area contributed by atoms with Crippen LogP contribution in [0.1, 0.15) is 27.0 Å². The lowest BCUT2D eigenvalue weighted by molar-refractivity contribution is -0.355. The molecule has 214 valence electrons. The predicted molar refractivity (Wildman–Crippen MR) is 127 cm³/mol. The molecule has 0 aromatic heterocycles. The van der Waals surface area contributed by atoms with Gasteiger partial charge in [-0.2, -0.15) is 0 Å². The minimum absolute atomic E-state index is 0.00868. The largest absolute Gasteiger partial charge is 0.488 e. The summed E-state index contributed by atoms with van der Waals surface area (Å²) in [6, 6.07) is 5.43. The fourth-order valence-corrected chi connectivity index (χ4v) is 4.94. The number of fused-ring (bicyclic) bond motifs is 1. The number of ether oxygens (including phenoxy) is 2. The molecule has 0 radical (unpaired) electrons. The van der Waals surface area contributed by atoms with E-state index in [4.69, 9.17) is 9.47 Å². The van der Waals surface area contributed by atoms with Gasteiger partial charge in [-0.1, -0.05) is 6.07 Å². The third kappa shape index (κ3) is 4.42. The van der Waals surface area contributed by atoms with Gasteiger partial charge in [-0.15, -0.1) is 0 Å². The predicted octanol–water partition coefficient (Wildman–Crippen LogP) is -2.83. The Bertz CT molecular complexity index is 1370. The van der Waals surface area contributed by atoms with Gasteiger partial charge in [-0.3, -0.25) is 19.7 Å². The number of carbonyl (C=O) groups excluding carboxylic acids is 3. The Hall–Kier alpha value is -3.54. The molecule has 3 aliphatic heterocycles. The van der Waals surface area contributed by atoms with Gasteiger partial charge in [0.1, 0.15) is 18.2 Å². The van der Waals surface area contributed by atoms with Crippen LogP contribution in [0.2, 0.25) is 0 Å². The lowest BCUT2D eigenvalue weighted by atomic mass is 9.90. The van der Waals surface area contributed by atoms with Gasteiger partial charge in [0.05, 0.1) is 19.8 Å². The average Bonchev–Trinajstić information content (AvgIpc) is 3.24. The number of imide groups is 1. The maximum Gasteiger partial charge on any atom is 0.303 e. The van der Waals surface area contributed by atoms with Crippen molar-refractivity contribution in [1.29, 1.82) is 0 Å². The summed E-state index contributed by atoms with van der Waals surface area (Å²) in [6.45, 7) is 0.174. The van der Waals surface area contributed by atoms with Gasteiger partial charge in [0.25, 0.3) is 29.4 Å². The number of aliphatic hydroxyl groups is 6. The van der Waals surface area contributed by atoms with Gasteiger partial charge in [0.2, 0.25) is 0 Å². The monoisotopic (exact) mass is 563 g/mol. The van der Waals surface area contributed by atoms with Crippen LogP contribution in [0.5, 0.6) is 5.75 Å². The third-order valence-corrected chi connectivity index (χ3v) is 7.23. The molecule has 2 saturated heterocycles. The van der Waals surface area contributed by atoms with Crippen LogP contribution in [-0.2, 0) is 33.4 Å². The van der Waals surface area contributed by atoms with E-state index >= 15 is 0 Å². The molecule has 5 rings (SSSR count). The summed E-state index contributed by atoms with van der Waals surface area (Å²) in [7, 11) is 0. The first-order valence-corrected chi connectivity index (χ1v) is 12.1. The molecule has 7 N–H and O–H groups in total. The van der Waals surface area contributed by atoms with Crippen molar-refractivity contribution in [2.24, 2.45) is 0 Å². The number of piperidine rings is 1. The van der Waals surface area contributed by atoms with Gasteiger partial charge in [0.15, 0.2) is 6.04 Å². The molecule has 1 unspecified atom stereocenters. The Morgan fingerprint density at radius 3 is 2.48 bits per heavy atom. The highest BCUT2D eigenvalue weighted by atomic mass is 19.1. The van der Waals surface area contributed by atoms with Crippen molar-refractivity contribution in [3.63, 3.8) is 0 Å². The van der Waals surface area contributed by atoms with Crippen LogP contribution >= 0.6 is 0 Å². The van der Waals surface area contributed by atoms with Crippen LogP contribution in [0.15, 0.2) is 36.4 Å². The summed E-state index contributed by atoms with van der Waals surface area (Å²) < 4.78 is 25.6. The van der Waals surface area contributed by atoms with Crippen molar-refractivity contribution >= 4 is 17.7 Å². The molecule has 3 aliphatic rings. The van der Waals surface area contributed by atoms with E-state index < -0.39 is 60.2 Å². The molecule has 2 aromatic carbocycles. The maximum absolute atomic E-state index is 14.7. The molecule has 2 fully saturated rings. The standard InChI is InChI=1S/C25H26FN3O11/c26-17-5-4-14(25(37,38)28-6-8-39-9-7-28)10-13(17)12-40-18-3-1-2-15-16(18)11-29(21(15)31)19-20(30)27-22(32)24(35,36)23(19,33)34/h1-5,10,19,33-38H,6-9,11-12H2,(H,27,30,32). The van der Waals surface area contributed by atoms with Crippen molar-refractivity contribution in [3.8, 4) is 5.75 Å². The quantitative estimate of drug-likeness (QED) is 0.140. The van der Waals surface area contributed by atoms with Gasteiger partial charge >= 0.3 is 5.79 Å². The second kappa shape index (κ2) is 9.83. The highest BCUT2D eigenvalue weighted by Crippen LogP contribution is 2.38. The summed E-state index contributed by atoms with van der Waals surface area (Å²) in [6.07, 6.45) is 0. The molecule has 40 heavy (non-hydrogen) atoms. The number of benzene rings is 2. The van der Waals surface area contributed by atoms with Crippen LogP contribution in [0.3, 0.4) is 0 Å². The van der Waals surface area contributed by atoms with E-state index in [0.29, 0.717) is 18.1 Å². The van der Waals surface area contributed by atoms with E-state index in [1.807, 2.05) is 0 Å². The first kappa shape index (κ1) is 28.0. The zero-order valence-electron chi connectivity index (χ0n) is 20.8. The van der Waals surface area contributed by atoms with Gasteiger partial charge < -0.3 is 45.0 Å². The van der Waals surface area contributed by atoms with Gasteiger partial charge in [-0.05, 0) is 30.3 Å². The topological polar surface area (TPSA) is 210 Å². The number of hydrogen-bond acceptors (Lipinski definition) is 12. The average molecular weight is 563 g/mol. The van der Waals surface area contributed by atoms with E-state index in [-0.39, 0.29) is 41.1 Å². The maximum atomic E-state index is 14.7. The van der Waals surface area contributed by atoms with E-state index in [9.17, 15) is 49.4 Å². The molecule has 0 spiro atoms.